The fourth-order valence-corrected chi connectivity index (χ4v) is 3.05. The van der Waals surface area contributed by atoms with Crippen molar-refractivity contribution in [3.63, 3.8) is 0 Å². The lowest BCUT2D eigenvalue weighted by molar-refractivity contribution is 0.570. The van der Waals surface area contributed by atoms with E-state index in [2.05, 4.69) is 50.4 Å². The molecule has 1 nitrogen and oxygen atoms in total. The SMILES string of the molecule is CCCCCCSc1cccc(C(C)NCCC)c1. The van der Waals surface area contributed by atoms with Crippen LogP contribution in [0.1, 0.15) is 64.5 Å². The molecule has 0 spiro atoms. The van der Waals surface area contributed by atoms with Gasteiger partial charge in [-0.2, -0.15) is 0 Å². The number of hydrogen-bond acceptors (Lipinski definition) is 2. The molecule has 0 heterocycles. The first-order valence-corrected chi connectivity index (χ1v) is 8.72. The van der Waals surface area contributed by atoms with Crippen LogP contribution in [0, 0.1) is 0 Å². The normalized spacial score (nSPS) is 12.6. The van der Waals surface area contributed by atoms with Crippen molar-refractivity contribution in [2.45, 2.75) is 63.8 Å². The van der Waals surface area contributed by atoms with E-state index < -0.39 is 0 Å². The second kappa shape index (κ2) is 10.3. The van der Waals surface area contributed by atoms with Gasteiger partial charge in [0.25, 0.3) is 0 Å². The van der Waals surface area contributed by atoms with Crippen LogP contribution in [-0.2, 0) is 0 Å². The first-order chi connectivity index (χ1) is 9.27. The molecule has 0 amide bonds. The average molecular weight is 279 g/mol. The van der Waals surface area contributed by atoms with Crippen molar-refractivity contribution in [1.29, 1.82) is 0 Å². The van der Waals surface area contributed by atoms with Crippen LogP contribution in [0.25, 0.3) is 0 Å². The Hall–Kier alpha value is -0.470. The number of nitrogens with one attached hydrogen (secondary N) is 1. The minimum Gasteiger partial charge on any atom is -0.310 e. The topological polar surface area (TPSA) is 12.0 Å². The highest BCUT2D eigenvalue weighted by Gasteiger charge is 2.04. The minimum absolute atomic E-state index is 0.459. The summed E-state index contributed by atoms with van der Waals surface area (Å²) in [5.74, 6) is 1.25. The molecule has 1 N–H and O–H groups in total. The number of hydrogen-bond donors (Lipinski definition) is 1. The molecule has 0 fully saturated rings. The molecule has 1 rings (SSSR count). The maximum Gasteiger partial charge on any atom is 0.0292 e. The summed E-state index contributed by atoms with van der Waals surface area (Å²) in [6, 6.07) is 9.46. The molecule has 2 heteroatoms. The summed E-state index contributed by atoms with van der Waals surface area (Å²) in [6.07, 6.45) is 6.60. The van der Waals surface area contributed by atoms with Crippen LogP contribution in [0.4, 0.5) is 0 Å². The molecule has 0 aliphatic carbocycles. The number of benzene rings is 1. The van der Waals surface area contributed by atoms with Gasteiger partial charge in [0, 0.05) is 10.9 Å². The van der Waals surface area contributed by atoms with Crippen molar-refractivity contribution >= 4 is 11.8 Å². The van der Waals surface area contributed by atoms with Crippen LogP contribution in [0.2, 0.25) is 0 Å². The van der Waals surface area contributed by atoms with Crippen LogP contribution in [-0.4, -0.2) is 12.3 Å². The zero-order chi connectivity index (χ0) is 13.9. The Bertz CT molecular complexity index is 338. The Labute approximate surface area is 123 Å². The zero-order valence-electron chi connectivity index (χ0n) is 12.7. The van der Waals surface area contributed by atoms with E-state index >= 15 is 0 Å². The van der Waals surface area contributed by atoms with Gasteiger partial charge in [0.05, 0.1) is 0 Å². The average Bonchev–Trinajstić information content (AvgIpc) is 2.45. The van der Waals surface area contributed by atoms with Gasteiger partial charge in [-0.1, -0.05) is 45.2 Å². The molecule has 1 aromatic carbocycles. The summed E-state index contributed by atoms with van der Waals surface area (Å²) in [6.45, 7) is 7.82. The van der Waals surface area contributed by atoms with Gasteiger partial charge in [-0.25, -0.2) is 0 Å². The second-order valence-corrected chi connectivity index (χ2v) is 6.33. The summed E-state index contributed by atoms with van der Waals surface area (Å²) >= 11 is 2.00. The van der Waals surface area contributed by atoms with Crippen molar-refractivity contribution in [2.24, 2.45) is 0 Å². The quantitative estimate of drug-likeness (QED) is 0.453. The molecule has 0 aromatic heterocycles. The minimum atomic E-state index is 0.459. The highest BCUT2D eigenvalue weighted by atomic mass is 32.2. The molecule has 108 valence electrons. The van der Waals surface area contributed by atoms with Crippen LogP contribution in [0.5, 0.6) is 0 Å². The summed E-state index contributed by atoms with van der Waals surface area (Å²) < 4.78 is 0. The maximum atomic E-state index is 3.55. The Kier molecular flexibility index (Phi) is 9.02. The predicted molar refractivity (Wildman–Crippen MR) is 88.0 cm³/mol. The maximum absolute atomic E-state index is 3.55. The molecule has 0 saturated carbocycles. The van der Waals surface area contributed by atoms with Crippen molar-refractivity contribution in [3.8, 4) is 0 Å². The van der Waals surface area contributed by atoms with Crippen molar-refractivity contribution in [1.82, 2.24) is 5.32 Å². The van der Waals surface area contributed by atoms with Gasteiger partial charge in [-0.05, 0) is 49.8 Å². The molecule has 19 heavy (non-hydrogen) atoms. The smallest absolute Gasteiger partial charge is 0.0292 e. The summed E-state index contributed by atoms with van der Waals surface area (Å²) in [5.41, 5.74) is 1.41. The Balaban J connectivity index is 2.38. The van der Waals surface area contributed by atoms with Gasteiger partial charge < -0.3 is 5.32 Å². The molecule has 1 atom stereocenters. The van der Waals surface area contributed by atoms with Crippen molar-refractivity contribution < 1.29 is 0 Å². The number of unbranched alkanes of at least 4 members (excludes halogenated alkanes) is 3. The van der Waals surface area contributed by atoms with E-state index in [4.69, 9.17) is 0 Å². The molecule has 0 aliphatic rings. The van der Waals surface area contributed by atoms with Gasteiger partial charge >= 0.3 is 0 Å². The predicted octanol–water partition coefficient (Wildman–Crippen LogP) is 5.42. The van der Waals surface area contributed by atoms with E-state index in [1.54, 1.807) is 0 Å². The van der Waals surface area contributed by atoms with E-state index in [1.165, 1.54) is 48.3 Å². The molecule has 1 unspecified atom stereocenters. The number of thioether (sulfide) groups is 1. The summed E-state index contributed by atoms with van der Waals surface area (Å²) in [4.78, 5) is 1.42. The van der Waals surface area contributed by atoms with Gasteiger partial charge in [-0.15, -0.1) is 11.8 Å². The highest BCUT2D eigenvalue weighted by molar-refractivity contribution is 7.99. The Morgan fingerprint density at radius 1 is 1.11 bits per heavy atom. The lowest BCUT2D eigenvalue weighted by atomic mass is 10.1. The molecular formula is C17H29NS. The molecule has 0 aliphatic heterocycles. The molecule has 0 bridgehead atoms. The second-order valence-electron chi connectivity index (χ2n) is 5.16. The van der Waals surface area contributed by atoms with Gasteiger partial charge in [0.2, 0.25) is 0 Å². The van der Waals surface area contributed by atoms with Crippen LogP contribution < -0.4 is 5.32 Å². The van der Waals surface area contributed by atoms with Crippen molar-refractivity contribution in [2.75, 3.05) is 12.3 Å². The van der Waals surface area contributed by atoms with Gasteiger partial charge in [0.15, 0.2) is 0 Å². The first-order valence-electron chi connectivity index (χ1n) is 7.74. The summed E-state index contributed by atoms with van der Waals surface area (Å²) in [7, 11) is 0. The lowest BCUT2D eigenvalue weighted by Gasteiger charge is -2.14. The molecule has 0 saturated heterocycles. The third-order valence-electron chi connectivity index (χ3n) is 3.33. The van der Waals surface area contributed by atoms with E-state index in [1.807, 2.05) is 11.8 Å². The molecule has 1 aromatic rings. The zero-order valence-corrected chi connectivity index (χ0v) is 13.6. The van der Waals surface area contributed by atoms with Gasteiger partial charge in [0.1, 0.15) is 0 Å². The number of rotatable bonds is 10. The first kappa shape index (κ1) is 16.6. The van der Waals surface area contributed by atoms with Crippen LogP contribution >= 0.6 is 11.8 Å². The van der Waals surface area contributed by atoms with Crippen LogP contribution in [0.3, 0.4) is 0 Å². The van der Waals surface area contributed by atoms with Crippen LogP contribution in [0.15, 0.2) is 29.2 Å². The fraction of sp³-hybridized carbons (Fsp3) is 0.647. The fourth-order valence-electron chi connectivity index (χ4n) is 2.07. The Morgan fingerprint density at radius 3 is 2.68 bits per heavy atom. The molecule has 0 radical (unpaired) electrons. The van der Waals surface area contributed by atoms with E-state index in [-0.39, 0.29) is 0 Å². The van der Waals surface area contributed by atoms with E-state index in [0.29, 0.717) is 6.04 Å². The largest absolute Gasteiger partial charge is 0.310 e. The summed E-state index contributed by atoms with van der Waals surface area (Å²) in [5, 5.41) is 3.55. The monoisotopic (exact) mass is 279 g/mol. The van der Waals surface area contributed by atoms with Crippen molar-refractivity contribution in [3.05, 3.63) is 29.8 Å². The lowest BCUT2D eigenvalue weighted by Crippen LogP contribution is -2.19. The third-order valence-corrected chi connectivity index (χ3v) is 4.41. The third kappa shape index (κ3) is 7.03. The standard InChI is InChI=1S/C17H29NS/c1-4-6-7-8-13-19-17-11-9-10-16(14-17)15(3)18-12-5-2/h9-11,14-15,18H,4-8,12-13H2,1-3H3. The van der Waals surface area contributed by atoms with Gasteiger partial charge in [-0.3, -0.25) is 0 Å². The van der Waals surface area contributed by atoms with E-state index in [0.717, 1.165) is 6.54 Å². The van der Waals surface area contributed by atoms with E-state index in [9.17, 15) is 0 Å². The highest BCUT2D eigenvalue weighted by Crippen LogP contribution is 2.23. The Morgan fingerprint density at radius 2 is 1.95 bits per heavy atom. The molecular weight excluding hydrogens is 250 g/mol.